The first kappa shape index (κ1) is 14.8. The summed E-state index contributed by atoms with van der Waals surface area (Å²) >= 11 is 0. The Morgan fingerprint density at radius 3 is 2.22 bits per heavy atom. The number of benzene rings is 1. The molecule has 0 amide bonds. The molecule has 0 heterocycles. The maximum atomic E-state index is 9.52. The van der Waals surface area contributed by atoms with E-state index >= 15 is 0 Å². The van der Waals surface area contributed by atoms with Gasteiger partial charge in [0.1, 0.15) is 11.5 Å². The Morgan fingerprint density at radius 2 is 1.78 bits per heavy atom. The first-order valence-corrected chi connectivity index (χ1v) is 6.12. The molecule has 102 valence electrons. The van der Waals surface area contributed by atoms with Crippen molar-refractivity contribution >= 4 is 0 Å². The van der Waals surface area contributed by atoms with Crippen LogP contribution in [0.1, 0.15) is 31.0 Å². The van der Waals surface area contributed by atoms with Gasteiger partial charge in [-0.15, -0.1) is 0 Å². The van der Waals surface area contributed by atoms with Crippen LogP contribution >= 0.6 is 0 Å². The van der Waals surface area contributed by atoms with E-state index < -0.39 is 0 Å². The van der Waals surface area contributed by atoms with Crippen LogP contribution in [0.25, 0.3) is 0 Å². The fourth-order valence-corrected chi connectivity index (χ4v) is 1.99. The Labute approximate surface area is 109 Å². The molecule has 4 heteroatoms. The first-order chi connectivity index (χ1) is 8.53. The summed E-state index contributed by atoms with van der Waals surface area (Å²) in [5, 5.41) is 12.8. The van der Waals surface area contributed by atoms with E-state index in [2.05, 4.69) is 5.32 Å². The van der Waals surface area contributed by atoms with E-state index in [4.69, 9.17) is 9.47 Å². The van der Waals surface area contributed by atoms with E-state index in [9.17, 15) is 5.11 Å². The minimum absolute atomic E-state index is 0.0146. The Balaban J connectivity index is 3.18. The summed E-state index contributed by atoms with van der Waals surface area (Å²) < 4.78 is 10.7. The van der Waals surface area contributed by atoms with Crippen LogP contribution in [0.3, 0.4) is 0 Å². The van der Waals surface area contributed by atoms with Gasteiger partial charge in [0.2, 0.25) is 0 Å². The van der Waals surface area contributed by atoms with Crippen molar-refractivity contribution in [2.75, 3.05) is 20.8 Å². The van der Waals surface area contributed by atoms with Gasteiger partial charge in [-0.2, -0.15) is 0 Å². The number of methoxy groups -OCH3 is 2. The van der Waals surface area contributed by atoms with Gasteiger partial charge in [-0.05, 0) is 24.6 Å². The number of aliphatic hydroxyl groups is 1. The molecule has 1 aromatic rings. The number of rotatable bonds is 6. The molecule has 0 aliphatic carbocycles. The van der Waals surface area contributed by atoms with E-state index in [0.717, 1.165) is 22.6 Å². The third-order valence-corrected chi connectivity index (χ3v) is 2.84. The summed E-state index contributed by atoms with van der Waals surface area (Å²) in [6.45, 7) is 6.07. The summed E-state index contributed by atoms with van der Waals surface area (Å²) in [6, 6.07) is 3.97. The highest BCUT2D eigenvalue weighted by Crippen LogP contribution is 2.32. The van der Waals surface area contributed by atoms with E-state index in [1.807, 2.05) is 32.9 Å². The largest absolute Gasteiger partial charge is 0.496 e. The minimum Gasteiger partial charge on any atom is -0.496 e. The lowest BCUT2D eigenvalue weighted by Gasteiger charge is -2.23. The molecule has 0 spiro atoms. The second kappa shape index (κ2) is 6.61. The molecule has 0 saturated carbocycles. The second-order valence-corrected chi connectivity index (χ2v) is 4.62. The molecule has 0 fully saturated rings. The fraction of sp³-hybridized carbons (Fsp3) is 0.571. The molecule has 18 heavy (non-hydrogen) atoms. The maximum absolute atomic E-state index is 9.52. The molecular weight excluding hydrogens is 230 g/mol. The molecular formula is C14H23NO3. The summed E-state index contributed by atoms with van der Waals surface area (Å²) in [7, 11) is 3.27. The van der Waals surface area contributed by atoms with Crippen LogP contribution in [-0.4, -0.2) is 32.0 Å². The van der Waals surface area contributed by atoms with Crippen LogP contribution in [0, 0.1) is 6.92 Å². The zero-order valence-electron chi connectivity index (χ0n) is 11.8. The van der Waals surface area contributed by atoms with Gasteiger partial charge in [-0.25, -0.2) is 0 Å². The minimum atomic E-state index is -0.158. The maximum Gasteiger partial charge on any atom is 0.124 e. The van der Waals surface area contributed by atoms with Gasteiger partial charge < -0.3 is 19.9 Å². The van der Waals surface area contributed by atoms with Gasteiger partial charge in [0.25, 0.3) is 0 Å². The van der Waals surface area contributed by atoms with E-state index in [1.165, 1.54) is 0 Å². The summed E-state index contributed by atoms with van der Waals surface area (Å²) in [5.41, 5.74) is 1.93. The van der Waals surface area contributed by atoms with E-state index in [-0.39, 0.29) is 18.7 Å². The lowest BCUT2D eigenvalue weighted by atomic mass is 10.0. The lowest BCUT2D eigenvalue weighted by molar-refractivity contribution is 0.233. The zero-order chi connectivity index (χ0) is 13.7. The highest BCUT2D eigenvalue weighted by Gasteiger charge is 2.18. The van der Waals surface area contributed by atoms with Crippen LogP contribution in [0.2, 0.25) is 0 Å². The van der Waals surface area contributed by atoms with Gasteiger partial charge in [-0.1, -0.05) is 13.8 Å². The molecule has 1 aromatic carbocycles. The van der Waals surface area contributed by atoms with Crippen LogP contribution in [-0.2, 0) is 0 Å². The van der Waals surface area contributed by atoms with Gasteiger partial charge in [0.05, 0.1) is 26.9 Å². The molecule has 0 radical (unpaired) electrons. The van der Waals surface area contributed by atoms with Crippen molar-refractivity contribution in [3.63, 3.8) is 0 Å². The number of ether oxygens (including phenoxy) is 2. The molecule has 0 aromatic heterocycles. The third kappa shape index (κ3) is 3.37. The average Bonchev–Trinajstić information content (AvgIpc) is 2.35. The Bertz CT molecular complexity index is 391. The topological polar surface area (TPSA) is 50.7 Å². The van der Waals surface area contributed by atoms with Crippen molar-refractivity contribution in [3.8, 4) is 11.5 Å². The van der Waals surface area contributed by atoms with Gasteiger partial charge in [-0.3, -0.25) is 0 Å². The zero-order valence-corrected chi connectivity index (χ0v) is 11.8. The van der Waals surface area contributed by atoms with Gasteiger partial charge in [0.15, 0.2) is 0 Å². The molecule has 1 rings (SSSR count). The number of hydrogen-bond acceptors (Lipinski definition) is 4. The van der Waals surface area contributed by atoms with Crippen LogP contribution in [0.5, 0.6) is 11.5 Å². The van der Waals surface area contributed by atoms with Gasteiger partial charge in [0, 0.05) is 11.6 Å². The van der Waals surface area contributed by atoms with Crippen molar-refractivity contribution < 1.29 is 14.6 Å². The molecule has 0 saturated heterocycles. The van der Waals surface area contributed by atoms with E-state index in [0.29, 0.717) is 0 Å². The highest BCUT2D eigenvalue weighted by atomic mass is 16.5. The van der Waals surface area contributed by atoms with Crippen molar-refractivity contribution in [3.05, 3.63) is 23.3 Å². The van der Waals surface area contributed by atoms with Crippen LogP contribution < -0.4 is 14.8 Å². The Morgan fingerprint density at radius 1 is 1.17 bits per heavy atom. The third-order valence-electron chi connectivity index (χ3n) is 2.84. The normalized spacial score (nSPS) is 12.6. The lowest BCUT2D eigenvalue weighted by Crippen LogP contribution is -2.30. The number of aliphatic hydroxyl groups excluding tert-OH is 1. The molecule has 0 aliphatic rings. The molecule has 2 N–H and O–H groups in total. The highest BCUT2D eigenvalue weighted by molar-refractivity contribution is 5.47. The smallest absolute Gasteiger partial charge is 0.124 e. The van der Waals surface area contributed by atoms with Gasteiger partial charge >= 0.3 is 0 Å². The monoisotopic (exact) mass is 253 g/mol. The molecule has 0 bridgehead atoms. The van der Waals surface area contributed by atoms with Crippen molar-refractivity contribution in [2.24, 2.45) is 0 Å². The Kier molecular flexibility index (Phi) is 5.44. The van der Waals surface area contributed by atoms with Crippen molar-refractivity contribution in [1.29, 1.82) is 0 Å². The summed E-state index contributed by atoms with van der Waals surface area (Å²) in [4.78, 5) is 0. The fourth-order valence-electron chi connectivity index (χ4n) is 1.99. The SMILES string of the molecule is COc1cc(C(CO)NC(C)C)c(OC)cc1C. The van der Waals surface area contributed by atoms with Crippen LogP contribution in [0.15, 0.2) is 12.1 Å². The molecule has 0 aliphatic heterocycles. The predicted molar refractivity (Wildman–Crippen MR) is 72.4 cm³/mol. The molecule has 1 atom stereocenters. The number of hydrogen-bond donors (Lipinski definition) is 2. The average molecular weight is 253 g/mol. The standard InChI is InChI=1S/C14H23NO3/c1-9(2)15-12(8-16)11-7-13(17-4)10(3)6-14(11)18-5/h6-7,9,12,15-16H,8H2,1-5H3. The van der Waals surface area contributed by atoms with E-state index in [1.54, 1.807) is 14.2 Å². The summed E-state index contributed by atoms with van der Waals surface area (Å²) in [5.74, 6) is 1.57. The second-order valence-electron chi connectivity index (χ2n) is 4.62. The first-order valence-electron chi connectivity index (χ1n) is 6.12. The molecule has 1 unspecified atom stereocenters. The van der Waals surface area contributed by atoms with Crippen molar-refractivity contribution in [2.45, 2.75) is 32.9 Å². The van der Waals surface area contributed by atoms with Crippen molar-refractivity contribution in [1.82, 2.24) is 5.32 Å². The summed E-state index contributed by atoms with van der Waals surface area (Å²) in [6.07, 6.45) is 0. The quantitative estimate of drug-likeness (QED) is 0.814. The Hall–Kier alpha value is -1.26. The number of aryl methyl sites for hydroxylation is 1. The molecule has 4 nitrogen and oxygen atoms in total. The predicted octanol–water partition coefficient (Wildman–Crippen LogP) is 2.04. The number of nitrogens with one attached hydrogen (secondary N) is 1. The van der Waals surface area contributed by atoms with Crippen LogP contribution in [0.4, 0.5) is 0 Å².